The Hall–Kier alpha value is -2.30. The van der Waals surface area contributed by atoms with E-state index in [2.05, 4.69) is 10.4 Å². The number of rotatable bonds is 5. The second-order valence-electron chi connectivity index (χ2n) is 4.95. The van der Waals surface area contributed by atoms with Crippen LogP contribution in [0, 0.1) is 6.92 Å². The molecule has 2 rings (SSSR count). The summed E-state index contributed by atoms with van der Waals surface area (Å²) in [5.41, 5.74) is 1.92. The summed E-state index contributed by atoms with van der Waals surface area (Å²) in [7, 11) is 0. The number of benzene rings is 1. The van der Waals surface area contributed by atoms with Crippen molar-refractivity contribution in [2.45, 2.75) is 26.8 Å². The maximum Gasteiger partial charge on any atom is 0.262 e. The van der Waals surface area contributed by atoms with E-state index in [-0.39, 0.29) is 18.6 Å². The molecule has 5 nitrogen and oxygen atoms in total. The molecule has 1 heterocycles. The van der Waals surface area contributed by atoms with E-state index in [4.69, 9.17) is 4.74 Å². The zero-order chi connectivity index (χ0) is 14.5. The number of aromatic nitrogens is 2. The molecule has 0 bridgehead atoms. The molecule has 1 amide bonds. The average Bonchev–Trinajstić information content (AvgIpc) is 2.88. The number of hydrogen-bond donors (Lipinski definition) is 1. The van der Waals surface area contributed by atoms with Gasteiger partial charge in [0.2, 0.25) is 0 Å². The van der Waals surface area contributed by atoms with Crippen molar-refractivity contribution in [2.24, 2.45) is 0 Å². The van der Waals surface area contributed by atoms with Gasteiger partial charge in [-0.3, -0.25) is 9.48 Å². The first-order valence-corrected chi connectivity index (χ1v) is 6.58. The molecule has 0 aliphatic carbocycles. The molecule has 2 aromatic rings. The van der Waals surface area contributed by atoms with E-state index < -0.39 is 0 Å². The topological polar surface area (TPSA) is 56.1 Å². The van der Waals surface area contributed by atoms with Gasteiger partial charge in [-0.2, -0.15) is 5.10 Å². The van der Waals surface area contributed by atoms with E-state index in [1.807, 2.05) is 45.0 Å². The molecule has 106 valence electrons. The quantitative estimate of drug-likeness (QED) is 0.911. The summed E-state index contributed by atoms with van der Waals surface area (Å²) in [6, 6.07) is 7.90. The number of carbonyl (C=O) groups is 1. The predicted octanol–water partition coefficient (Wildman–Crippen LogP) is 2.79. The van der Waals surface area contributed by atoms with Gasteiger partial charge in [-0.1, -0.05) is 17.7 Å². The monoisotopic (exact) mass is 273 g/mol. The van der Waals surface area contributed by atoms with Crippen molar-refractivity contribution in [3.05, 3.63) is 42.2 Å². The summed E-state index contributed by atoms with van der Waals surface area (Å²) in [6.07, 6.45) is 3.39. The highest BCUT2D eigenvalue weighted by atomic mass is 16.5. The molecular weight excluding hydrogens is 254 g/mol. The van der Waals surface area contributed by atoms with Crippen LogP contribution in [-0.4, -0.2) is 22.3 Å². The summed E-state index contributed by atoms with van der Waals surface area (Å²) in [4.78, 5) is 11.7. The van der Waals surface area contributed by atoms with Gasteiger partial charge in [0.15, 0.2) is 12.4 Å². The van der Waals surface area contributed by atoms with E-state index >= 15 is 0 Å². The fourth-order valence-corrected chi connectivity index (χ4v) is 1.66. The normalized spacial score (nSPS) is 10.6. The van der Waals surface area contributed by atoms with Gasteiger partial charge in [-0.05, 0) is 32.9 Å². The maximum absolute atomic E-state index is 11.7. The van der Waals surface area contributed by atoms with Crippen molar-refractivity contribution in [1.29, 1.82) is 0 Å². The van der Waals surface area contributed by atoms with Crippen LogP contribution < -0.4 is 10.1 Å². The van der Waals surface area contributed by atoms with Gasteiger partial charge in [-0.15, -0.1) is 0 Å². The molecule has 0 saturated heterocycles. The zero-order valence-corrected chi connectivity index (χ0v) is 12.0. The van der Waals surface area contributed by atoms with Crippen molar-refractivity contribution in [2.75, 3.05) is 11.9 Å². The van der Waals surface area contributed by atoms with Crippen LogP contribution in [0.2, 0.25) is 0 Å². The summed E-state index contributed by atoms with van der Waals surface area (Å²) in [5.74, 6) is 0.406. The second-order valence-corrected chi connectivity index (χ2v) is 4.95. The van der Waals surface area contributed by atoms with Crippen molar-refractivity contribution in [3.8, 4) is 5.75 Å². The first-order chi connectivity index (χ1) is 9.54. The largest absolute Gasteiger partial charge is 0.480 e. The van der Waals surface area contributed by atoms with Crippen LogP contribution in [0.3, 0.4) is 0 Å². The molecule has 0 aliphatic rings. The summed E-state index contributed by atoms with van der Waals surface area (Å²) >= 11 is 0. The number of aryl methyl sites for hydroxylation is 1. The minimum atomic E-state index is -0.189. The van der Waals surface area contributed by atoms with Crippen molar-refractivity contribution in [3.63, 3.8) is 0 Å². The molecule has 5 heteroatoms. The molecule has 0 spiro atoms. The van der Waals surface area contributed by atoms with Gasteiger partial charge in [0.05, 0.1) is 12.4 Å². The van der Waals surface area contributed by atoms with Crippen molar-refractivity contribution in [1.82, 2.24) is 9.78 Å². The van der Waals surface area contributed by atoms with Crippen LogP contribution in [0.4, 0.5) is 5.69 Å². The Morgan fingerprint density at radius 3 is 2.65 bits per heavy atom. The summed E-state index contributed by atoms with van der Waals surface area (Å²) in [6.45, 7) is 6.03. The molecule has 1 N–H and O–H groups in total. The number of amides is 1. The second kappa shape index (κ2) is 6.23. The van der Waals surface area contributed by atoms with Gasteiger partial charge in [-0.25, -0.2) is 0 Å². The standard InChI is InChI=1S/C15H19N3O2/c1-11(2)18-9-14(8-16-18)20-10-15(19)17-13-6-4-12(3)5-7-13/h4-9,11H,10H2,1-3H3,(H,17,19). The lowest BCUT2D eigenvalue weighted by molar-refractivity contribution is -0.118. The summed E-state index contributed by atoms with van der Waals surface area (Å²) in [5, 5.41) is 6.93. The molecule has 20 heavy (non-hydrogen) atoms. The van der Waals surface area contributed by atoms with Crippen molar-refractivity contribution < 1.29 is 9.53 Å². The van der Waals surface area contributed by atoms with Gasteiger partial charge in [0, 0.05) is 11.7 Å². The lowest BCUT2D eigenvalue weighted by atomic mass is 10.2. The van der Waals surface area contributed by atoms with Crippen LogP contribution in [0.1, 0.15) is 25.5 Å². The van der Waals surface area contributed by atoms with Crippen LogP contribution in [0.25, 0.3) is 0 Å². The minimum Gasteiger partial charge on any atom is -0.480 e. The maximum atomic E-state index is 11.7. The summed E-state index contributed by atoms with van der Waals surface area (Å²) < 4.78 is 7.18. The predicted molar refractivity (Wildman–Crippen MR) is 77.9 cm³/mol. The first kappa shape index (κ1) is 14.1. The molecule has 1 aromatic heterocycles. The van der Waals surface area contributed by atoms with Crippen LogP contribution >= 0.6 is 0 Å². The fraction of sp³-hybridized carbons (Fsp3) is 0.333. The van der Waals surface area contributed by atoms with E-state index in [1.54, 1.807) is 17.1 Å². The van der Waals surface area contributed by atoms with Crippen molar-refractivity contribution >= 4 is 11.6 Å². The highest BCUT2D eigenvalue weighted by Gasteiger charge is 2.06. The first-order valence-electron chi connectivity index (χ1n) is 6.58. The molecular formula is C15H19N3O2. The van der Waals surface area contributed by atoms with Gasteiger partial charge >= 0.3 is 0 Å². The molecule has 0 fully saturated rings. The fourth-order valence-electron chi connectivity index (χ4n) is 1.66. The van der Waals surface area contributed by atoms with Gasteiger partial charge in [0.1, 0.15) is 0 Å². The lowest BCUT2D eigenvalue weighted by Gasteiger charge is -2.06. The zero-order valence-electron chi connectivity index (χ0n) is 12.0. The van der Waals surface area contributed by atoms with Crippen LogP contribution in [0.15, 0.2) is 36.7 Å². The third kappa shape index (κ3) is 3.85. The Bertz CT molecular complexity index is 573. The Labute approximate surface area is 118 Å². The SMILES string of the molecule is Cc1ccc(NC(=O)COc2cnn(C(C)C)c2)cc1. The molecule has 1 aromatic carbocycles. The van der Waals surface area contributed by atoms with Crippen LogP contribution in [0.5, 0.6) is 5.75 Å². The van der Waals surface area contributed by atoms with E-state index in [1.165, 1.54) is 0 Å². The van der Waals surface area contributed by atoms with Crippen LogP contribution in [-0.2, 0) is 4.79 Å². The van der Waals surface area contributed by atoms with Gasteiger partial charge in [0.25, 0.3) is 5.91 Å². The Morgan fingerprint density at radius 2 is 2.05 bits per heavy atom. The molecule has 0 aliphatic heterocycles. The van der Waals surface area contributed by atoms with Gasteiger partial charge < -0.3 is 10.1 Å². The number of hydrogen-bond acceptors (Lipinski definition) is 3. The lowest BCUT2D eigenvalue weighted by Crippen LogP contribution is -2.19. The highest BCUT2D eigenvalue weighted by Crippen LogP contribution is 2.13. The molecule has 0 atom stereocenters. The number of anilines is 1. The third-order valence-corrected chi connectivity index (χ3v) is 2.81. The Kier molecular flexibility index (Phi) is 4.40. The number of ether oxygens (including phenoxy) is 1. The molecule has 0 unspecified atom stereocenters. The van der Waals surface area contributed by atoms with E-state index in [9.17, 15) is 4.79 Å². The van der Waals surface area contributed by atoms with E-state index in [0.29, 0.717) is 5.75 Å². The average molecular weight is 273 g/mol. The smallest absolute Gasteiger partial charge is 0.262 e. The molecule has 0 saturated carbocycles. The number of nitrogens with zero attached hydrogens (tertiary/aromatic N) is 2. The van der Waals surface area contributed by atoms with E-state index in [0.717, 1.165) is 11.3 Å². The third-order valence-electron chi connectivity index (χ3n) is 2.81. The molecule has 0 radical (unpaired) electrons. The Balaban J connectivity index is 1.84. The number of carbonyl (C=O) groups excluding carboxylic acids is 1. The Morgan fingerprint density at radius 1 is 1.35 bits per heavy atom. The number of nitrogens with one attached hydrogen (secondary N) is 1. The minimum absolute atomic E-state index is 0.0301. The highest BCUT2D eigenvalue weighted by molar-refractivity contribution is 5.91.